The van der Waals surface area contributed by atoms with E-state index < -0.39 is 23.7 Å². The molecule has 1 aliphatic carbocycles. The second-order valence-corrected chi connectivity index (χ2v) is 19.2. The zero-order valence-corrected chi connectivity index (χ0v) is 42.9. The third kappa shape index (κ3) is 25.6. The molecule has 1 aliphatic rings. The van der Waals surface area contributed by atoms with Crippen LogP contribution in [0.3, 0.4) is 0 Å². The molecule has 71 heavy (non-hydrogen) atoms. The van der Waals surface area contributed by atoms with Gasteiger partial charge >= 0.3 is 18.0 Å². The van der Waals surface area contributed by atoms with Gasteiger partial charge in [0.25, 0.3) is 0 Å². The molecule has 0 fully saturated rings. The van der Waals surface area contributed by atoms with Crippen molar-refractivity contribution in [2.45, 2.75) is 161 Å². The molecule has 14 nitrogen and oxygen atoms in total. The topological polar surface area (TPSA) is 177 Å². The number of alkyl carbamates (subject to hydrolysis) is 1. The predicted octanol–water partition coefficient (Wildman–Crippen LogP) is 10.3. The summed E-state index contributed by atoms with van der Waals surface area (Å²) >= 11 is 0. The number of carbonyl (C=O) groups is 5. The van der Waals surface area contributed by atoms with E-state index in [-0.39, 0.29) is 49.8 Å². The molecular weight excluding hydrogens is 903 g/mol. The molecule has 3 aromatic rings. The number of nitrogens with one attached hydrogen (secondary N) is 3. The van der Waals surface area contributed by atoms with E-state index in [1.54, 1.807) is 0 Å². The van der Waals surface area contributed by atoms with E-state index in [2.05, 4.69) is 40.2 Å². The Labute approximate surface area is 423 Å². The van der Waals surface area contributed by atoms with Crippen molar-refractivity contribution in [3.63, 3.8) is 0 Å². The number of unbranched alkanes of at least 4 members (excludes halogenated alkanes) is 11. The summed E-state index contributed by atoms with van der Waals surface area (Å²) in [6, 6.07) is 24.9. The average Bonchev–Trinajstić information content (AvgIpc) is 3.68. The molecule has 0 aliphatic heterocycles. The highest BCUT2D eigenvalue weighted by Crippen LogP contribution is 2.44. The van der Waals surface area contributed by atoms with Crippen molar-refractivity contribution in [2.75, 3.05) is 59.3 Å². The highest BCUT2D eigenvalue weighted by Gasteiger charge is 2.29. The first kappa shape index (κ1) is 58.3. The van der Waals surface area contributed by atoms with Gasteiger partial charge in [0.2, 0.25) is 11.8 Å². The smallest absolute Gasteiger partial charge is 0.407 e. The minimum Gasteiger partial charge on any atom is -0.460 e. The number of esters is 2. The lowest BCUT2D eigenvalue weighted by Crippen LogP contribution is -2.42. The Morgan fingerprint density at radius 3 is 1.58 bits per heavy atom. The molecule has 1 atom stereocenters. The van der Waals surface area contributed by atoms with Crippen LogP contribution in [0.4, 0.5) is 4.79 Å². The SMILES string of the molecule is CC(C)(C)OC(=O)CCCCCCCCCCCCCCC(=O)N[C@@H](CCC(=O)NCCCOCCOCCOCCCNC(=O)OCC1c2ccccc2-c2ccccc21)C(=O)OCc1ccccc1. The number of hydrogen-bond acceptors (Lipinski definition) is 11. The van der Waals surface area contributed by atoms with E-state index >= 15 is 0 Å². The quantitative estimate of drug-likeness (QED) is 0.0283. The van der Waals surface area contributed by atoms with Crippen LogP contribution >= 0.6 is 0 Å². The van der Waals surface area contributed by atoms with Crippen molar-refractivity contribution in [1.29, 1.82) is 0 Å². The van der Waals surface area contributed by atoms with Crippen LogP contribution in [0, 0.1) is 0 Å². The van der Waals surface area contributed by atoms with E-state index in [1.165, 1.54) is 54.4 Å². The van der Waals surface area contributed by atoms with E-state index in [0.717, 1.165) is 50.5 Å². The monoisotopic (exact) mass is 986 g/mol. The lowest BCUT2D eigenvalue weighted by molar-refractivity contribution is -0.155. The molecule has 0 saturated heterocycles. The maximum atomic E-state index is 13.1. The highest BCUT2D eigenvalue weighted by atomic mass is 16.6. The Morgan fingerprint density at radius 1 is 0.521 bits per heavy atom. The Kier molecular flexibility index (Phi) is 28.7. The summed E-state index contributed by atoms with van der Waals surface area (Å²) in [6.07, 6.45) is 14.8. The van der Waals surface area contributed by atoms with Gasteiger partial charge in [0.15, 0.2) is 0 Å². The number of rotatable bonds is 38. The van der Waals surface area contributed by atoms with Crippen molar-refractivity contribution < 1.29 is 52.4 Å². The van der Waals surface area contributed by atoms with Gasteiger partial charge in [-0.05, 0) is 80.7 Å². The molecule has 0 saturated carbocycles. The average molecular weight is 986 g/mol. The van der Waals surface area contributed by atoms with Crippen molar-refractivity contribution in [1.82, 2.24) is 16.0 Å². The van der Waals surface area contributed by atoms with Crippen LogP contribution < -0.4 is 16.0 Å². The molecule has 4 rings (SSSR count). The fourth-order valence-corrected chi connectivity index (χ4v) is 8.38. The molecule has 14 heteroatoms. The molecule has 3 N–H and O–H groups in total. The Balaban J connectivity index is 0.948. The lowest BCUT2D eigenvalue weighted by atomic mass is 9.98. The molecule has 0 aromatic heterocycles. The lowest BCUT2D eigenvalue weighted by Gasteiger charge is -2.19. The summed E-state index contributed by atoms with van der Waals surface area (Å²) in [5, 5.41) is 8.51. The predicted molar refractivity (Wildman–Crippen MR) is 276 cm³/mol. The van der Waals surface area contributed by atoms with E-state index in [1.807, 2.05) is 75.4 Å². The zero-order chi connectivity index (χ0) is 50.8. The van der Waals surface area contributed by atoms with Crippen molar-refractivity contribution in [3.8, 4) is 11.1 Å². The van der Waals surface area contributed by atoms with Crippen LogP contribution in [0.15, 0.2) is 78.9 Å². The molecule has 0 unspecified atom stereocenters. The Bertz CT molecular complexity index is 1940. The maximum Gasteiger partial charge on any atom is 0.407 e. The van der Waals surface area contributed by atoms with Crippen LogP contribution in [-0.2, 0) is 54.2 Å². The van der Waals surface area contributed by atoms with Crippen LogP contribution in [0.5, 0.6) is 0 Å². The second-order valence-electron chi connectivity index (χ2n) is 19.2. The van der Waals surface area contributed by atoms with Crippen LogP contribution in [0.25, 0.3) is 11.1 Å². The summed E-state index contributed by atoms with van der Waals surface area (Å²) in [5.74, 6) is -1.07. The third-order valence-electron chi connectivity index (χ3n) is 12.1. The van der Waals surface area contributed by atoms with Gasteiger partial charge in [-0.1, -0.05) is 143 Å². The molecular formula is C57H83N3O11. The van der Waals surface area contributed by atoms with E-state index in [0.29, 0.717) is 78.4 Å². The second kappa shape index (κ2) is 34.9. The number of carbonyl (C=O) groups excluding carboxylic acids is 5. The van der Waals surface area contributed by atoms with Crippen LogP contribution in [0.2, 0.25) is 0 Å². The molecule has 0 radical (unpaired) electrons. The Hall–Kier alpha value is -5.31. The van der Waals surface area contributed by atoms with Crippen molar-refractivity contribution in [2.24, 2.45) is 0 Å². The minimum absolute atomic E-state index is 0.0245. The first-order chi connectivity index (χ1) is 34.5. The first-order valence-electron chi connectivity index (χ1n) is 26.3. The summed E-state index contributed by atoms with van der Waals surface area (Å²) in [5.41, 5.74) is 5.16. The van der Waals surface area contributed by atoms with Crippen molar-refractivity contribution in [3.05, 3.63) is 95.6 Å². The van der Waals surface area contributed by atoms with E-state index in [9.17, 15) is 24.0 Å². The number of benzene rings is 3. The summed E-state index contributed by atoms with van der Waals surface area (Å²) in [7, 11) is 0. The minimum atomic E-state index is -0.922. The van der Waals surface area contributed by atoms with Gasteiger partial charge in [-0.3, -0.25) is 14.4 Å². The summed E-state index contributed by atoms with van der Waals surface area (Å²) in [6.45, 7) is 9.51. The fraction of sp³-hybridized carbons (Fsp3) is 0.596. The molecule has 0 spiro atoms. The van der Waals surface area contributed by atoms with Gasteiger partial charge in [-0.25, -0.2) is 9.59 Å². The largest absolute Gasteiger partial charge is 0.460 e. The number of fused-ring (bicyclic) bond motifs is 3. The first-order valence-corrected chi connectivity index (χ1v) is 26.3. The van der Waals surface area contributed by atoms with Crippen molar-refractivity contribution >= 4 is 29.8 Å². The van der Waals surface area contributed by atoms with Crippen LogP contribution in [-0.4, -0.2) is 101 Å². The van der Waals surface area contributed by atoms with Crippen LogP contribution in [0.1, 0.15) is 159 Å². The normalized spacial score (nSPS) is 12.4. The molecule has 3 aromatic carbocycles. The van der Waals surface area contributed by atoms with Gasteiger partial charge < -0.3 is 44.4 Å². The molecule has 0 heterocycles. The summed E-state index contributed by atoms with van der Waals surface area (Å²) in [4.78, 5) is 62.9. The summed E-state index contributed by atoms with van der Waals surface area (Å²) < 4.78 is 33.3. The number of amides is 3. The Morgan fingerprint density at radius 2 is 1.01 bits per heavy atom. The van der Waals surface area contributed by atoms with Gasteiger partial charge in [0, 0.05) is 51.5 Å². The van der Waals surface area contributed by atoms with Gasteiger partial charge in [-0.15, -0.1) is 0 Å². The highest BCUT2D eigenvalue weighted by molar-refractivity contribution is 5.85. The molecule has 392 valence electrons. The third-order valence-corrected chi connectivity index (χ3v) is 12.1. The maximum absolute atomic E-state index is 13.1. The van der Waals surface area contributed by atoms with Gasteiger partial charge in [-0.2, -0.15) is 0 Å². The number of ether oxygens (including phenoxy) is 6. The van der Waals surface area contributed by atoms with E-state index in [4.69, 9.17) is 28.4 Å². The standard InChI is InChI=1S/C57H83N3O11/c1-57(2,3)71-54(63)32-18-13-11-9-7-5-4-6-8-10-12-17-31-53(62)60-51(55(64)69-43-45-25-15-14-16-26-45)33-34-52(61)58-35-23-37-66-39-41-68-42-40-67-38-24-36-59-56(65)70-44-50-48-29-21-19-27-46(48)47-28-20-22-30-49(47)50/h14-16,19-22,25-30,50-51H,4-13,17-18,23-24,31-44H2,1-3H3,(H,58,61)(H,59,65)(H,60,62)/t51-/m0/s1. The zero-order valence-electron chi connectivity index (χ0n) is 42.9. The number of hydrogen-bond donors (Lipinski definition) is 3. The van der Waals surface area contributed by atoms with Gasteiger partial charge in [0.05, 0.1) is 26.4 Å². The molecule has 3 amide bonds. The fourth-order valence-electron chi connectivity index (χ4n) is 8.38. The van der Waals surface area contributed by atoms with Gasteiger partial charge in [0.1, 0.15) is 24.9 Å². The molecule has 0 bridgehead atoms.